The molecule has 18 heteroatoms. The third-order valence-corrected chi connectivity index (χ3v) is 6.65. The van der Waals surface area contributed by atoms with Crippen LogP contribution in [0.2, 0.25) is 0 Å². The summed E-state index contributed by atoms with van der Waals surface area (Å²) in [4.78, 5) is 0. The molecular weight excluding hydrogens is 672 g/mol. The van der Waals surface area contributed by atoms with Crippen LogP contribution in [0.3, 0.4) is 0 Å². The van der Waals surface area contributed by atoms with Gasteiger partial charge < -0.3 is 0 Å². The quantitative estimate of drug-likeness (QED) is 0.125. The summed E-state index contributed by atoms with van der Waals surface area (Å²) < 4.78 is 177. The van der Waals surface area contributed by atoms with Crippen molar-refractivity contribution in [2.24, 2.45) is 0 Å². The second-order valence-corrected chi connectivity index (χ2v) is 8.94. The van der Waals surface area contributed by atoms with E-state index in [-0.39, 0.29) is 0 Å². The molecule has 0 saturated heterocycles. The first-order valence-corrected chi connectivity index (χ1v) is 11.9. The number of allylic oxidation sites excluding steroid dienone is 6. The minimum absolute atomic E-state index is 0.768. The van der Waals surface area contributed by atoms with E-state index in [9.17, 15) is 46.5 Å². The molecule has 4 rings (SSSR count). The van der Waals surface area contributed by atoms with E-state index >= 15 is 22.0 Å². The Morgan fingerprint density at radius 2 is 0.500 bits per heavy atom. The van der Waals surface area contributed by atoms with E-state index in [2.05, 4.69) is 0 Å². The van der Waals surface area contributed by atoms with E-state index in [1.54, 1.807) is 0 Å². The van der Waals surface area contributed by atoms with Gasteiger partial charge in [0.15, 0.2) is 69.8 Å². The highest BCUT2D eigenvalue weighted by molar-refractivity contribution is 6.12. The van der Waals surface area contributed by atoms with Crippen molar-refractivity contribution in [2.75, 3.05) is 0 Å². The van der Waals surface area contributed by atoms with Gasteiger partial charge in [0.25, 0.3) is 0 Å². The van der Waals surface area contributed by atoms with Crippen molar-refractivity contribution in [2.45, 2.75) is 0 Å². The van der Waals surface area contributed by atoms with Crippen LogP contribution in [0.4, 0.5) is 52.7 Å². The Labute approximate surface area is 257 Å². The van der Waals surface area contributed by atoms with Crippen LogP contribution in [0.1, 0.15) is 33.4 Å². The normalized spacial score (nSPS) is 13.8. The van der Waals surface area contributed by atoms with Gasteiger partial charge in [0, 0.05) is 16.7 Å². The maximum atomic E-state index is 15.2. The van der Waals surface area contributed by atoms with E-state index in [4.69, 9.17) is 15.8 Å². The Kier molecular flexibility index (Phi) is 8.51. The van der Waals surface area contributed by atoms with Crippen molar-refractivity contribution in [1.82, 2.24) is 0 Å². The third kappa shape index (κ3) is 4.57. The lowest BCUT2D eigenvalue weighted by atomic mass is 9.98. The molecule has 0 spiro atoms. The van der Waals surface area contributed by atoms with Crippen molar-refractivity contribution in [3.05, 3.63) is 120 Å². The monoisotopic (exact) mass is 672 g/mol. The molecule has 234 valence electrons. The smallest absolute Gasteiger partial charge is 0.196 e. The van der Waals surface area contributed by atoms with E-state index in [0.717, 1.165) is 36.4 Å². The maximum absolute atomic E-state index is 15.2. The summed E-state index contributed by atoms with van der Waals surface area (Å²) in [5, 5.41) is 56.1. The zero-order valence-electron chi connectivity index (χ0n) is 22.2. The fourth-order valence-corrected chi connectivity index (χ4v) is 4.50. The lowest BCUT2D eigenvalue weighted by Crippen LogP contribution is -2.06. The highest BCUT2D eigenvalue weighted by atomic mass is 19.2. The highest BCUT2D eigenvalue weighted by Crippen LogP contribution is 2.57. The lowest BCUT2D eigenvalue weighted by Gasteiger charge is -2.08. The molecule has 0 atom stereocenters. The average molecular weight is 672 g/mol. The maximum Gasteiger partial charge on any atom is 0.196 e. The van der Waals surface area contributed by atoms with Crippen molar-refractivity contribution < 1.29 is 52.7 Å². The van der Waals surface area contributed by atoms with E-state index in [1.807, 2.05) is 0 Å². The summed E-state index contributed by atoms with van der Waals surface area (Å²) in [6, 6.07) is 5.23. The van der Waals surface area contributed by atoms with Crippen LogP contribution in [0.5, 0.6) is 0 Å². The predicted molar refractivity (Wildman–Crippen MR) is 131 cm³/mol. The van der Waals surface area contributed by atoms with Crippen LogP contribution < -0.4 is 0 Å². The molecule has 0 aromatic heterocycles. The molecule has 1 aliphatic rings. The van der Waals surface area contributed by atoms with Crippen LogP contribution in [-0.2, 0) is 0 Å². The molecule has 1 aliphatic carbocycles. The van der Waals surface area contributed by atoms with Crippen molar-refractivity contribution in [3.63, 3.8) is 0 Å². The second kappa shape index (κ2) is 12.1. The molecule has 3 aromatic rings. The summed E-state index contributed by atoms with van der Waals surface area (Å²) in [6.45, 7) is 0. The number of nitrogens with zero attached hydrogens (tertiary/aromatic N) is 6. The summed E-state index contributed by atoms with van der Waals surface area (Å²) in [7, 11) is 0. The van der Waals surface area contributed by atoms with E-state index < -0.39 is 137 Å². The number of hydrogen-bond donors (Lipinski definition) is 0. The first-order chi connectivity index (χ1) is 22.6. The molecule has 3 aromatic carbocycles. The molecule has 0 N–H and O–H groups in total. The van der Waals surface area contributed by atoms with Gasteiger partial charge in [-0.25, -0.2) is 52.7 Å². The van der Waals surface area contributed by atoms with Gasteiger partial charge in [0.1, 0.15) is 53.1 Å². The molecule has 0 bridgehead atoms. The first kappa shape index (κ1) is 33.9. The fraction of sp³-hybridized carbons (Fsp3) is 0. The fourth-order valence-electron chi connectivity index (χ4n) is 4.50. The molecule has 6 nitrogen and oxygen atoms in total. The number of halogens is 12. The van der Waals surface area contributed by atoms with Gasteiger partial charge in [-0.1, -0.05) is 0 Å². The van der Waals surface area contributed by atoms with Gasteiger partial charge >= 0.3 is 0 Å². The van der Waals surface area contributed by atoms with Gasteiger partial charge in [0.05, 0.1) is 33.4 Å². The zero-order chi connectivity index (χ0) is 36.1. The van der Waals surface area contributed by atoms with Crippen LogP contribution in [0.15, 0.2) is 16.7 Å². The number of nitriles is 6. The van der Waals surface area contributed by atoms with E-state index in [1.165, 1.54) is 0 Å². The second-order valence-electron chi connectivity index (χ2n) is 8.94. The molecule has 0 heterocycles. The Morgan fingerprint density at radius 3 is 0.750 bits per heavy atom. The summed E-state index contributed by atoms with van der Waals surface area (Å²) >= 11 is 0. The number of rotatable bonds is 3. The Balaban J connectivity index is 2.39. The molecular formula is C30F12N6. The summed E-state index contributed by atoms with van der Waals surface area (Å²) in [5.74, 6) is -29.9. The summed E-state index contributed by atoms with van der Waals surface area (Å²) in [5.41, 5.74) is -21.3. The van der Waals surface area contributed by atoms with Crippen LogP contribution in [0.25, 0.3) is 16.7 Å². The molecule has 1 saturated carbocycles. The Morgan fingerprint density at radius 1 is 0.292 bits per heavy atom. The average Bonchev–Trinajstić information content (AvgIpc) is 3.78. The van der Waals surface area contributed by atoms with Gasteiger partial charge in [0.2, 0.25) is 0 Å². The van der Waals surface area contributed by atoms with Gasteiger partial charge in [-0.15, -0.1) is 0 Å². The largest absolute Gasteiger partial charge is 0.205 e. The van der Waals surface area contributed by atoms with Gasteiger partial charge in [-0.3, -0.25) is 0 Å². The van der Waals surface area contributed by atoms with Crippen LogP contribution >= 0.6 is 0 Å². The third-order valence-electron chi connectivity index (χ3n) is 6.65. The van der Waals surface area contributed by atoms with Gasteiger partial charge in [-0.2, -0.15) is 31.6 Å². The SMILES string of the molecule is N#CC(=C1C(=C(C#N)c2c(F)c(F)c(C#N)c(F)c2F)C1=C(C#N)c1c(F)c(F)c(F)c(C#N)c1F)c1c(F)c(F)c(C#N)c(F)c1F. The molecule has 1 fully saturated rings. The molecule has 48 heavy (non-hydrogen) atoms. The van der Waals surface area contributed by atoms with Crippen molar-refractivity contribution >= 4 is 16.7 Å². The van der Waals surface area contributed by atoms with E-state index in [0.29, 0.717) is 0 Å². The van der Waals surface area contributed by atoms with Crippen molar-refractivity contribution in [3.8, 4) is 36.4 Å². The van der Waals surface area contributed by atoms with Crippen LogP contribution in [0, 0.1) is 138 Å². The lowest BCUT2D eigenvalue weighted by molar-refractivity contribution is 0.430. The molecule has 0 aliphatic heterocycles. The summed E-state index contributed by atoms with van der Waals surface area (Å²) in [6.07, 6.45) is 0. The minimum Gasteiger partial charge on any atom is -0.205 e. The zero-order valence-corrected chi connectivity index (χ0v) is 22.2. The van der Waals surface area contributed by atoms with Crippen LogP contribution in [-0.4, -0.2) is 0 Å². The molecule has 0 amide bonds. The standard InChI is InChI=1S/C30F12N6/c31-19-10(4-46)24(36)30(42)29(41)16(19)7(1-43)13-14(8(2-44)17-25(37)20(32)11(5-47)21(33)26(17)38)15(13)9(3-45)18-27(39)22(34)12(6-48)23(35)28(18)40. The number of benzene rings is 3. The highest BCUT2D eigenvalue weighted by Gasteiger charge is 2.46. The molecule has 0 radical (unpaired) electrons. The molecule has 0 unspecified atom stereocenters. The Hall–Kier alpha value is -7.02. The number of hydrogen-bond acceptors (Lipinski definition) is 6. The van der Waals surface area contributed by atoms with Crippen molar-refractivity contribution in [1.29, 1.82) is 31.6 Å². The topological polar surface area (TPSA) is 143 Å². The minimum atomic E-state index is -2.62. The predicted octanol–water partition coefficient (Wildman–Crippen LogP) is 7.22. The Bertz CT molecular complexity index is 2260. The first-order valence-electron chi connectivity index (χ1n) is 11.9. The van der Waals surface area contributed by atoms with Gasteiger partial charge in [-0.05, 0) is 0 Å².